The molecule has 0 aromatic carbocycles. The van der Waals surface area contributed by atoms with Gasteiger partial charge >= 0.3 is 0 Å². The van der Waals surface area contributed by atoms with Crippen molar-refractivity contribution in [1.82, 2.24) is 15.2 Å². The molecule has 1 aliphatic carbocycles. The number of carbonyl (C=O) groups excluding carboxylic acids is 2. The van der Waals surface area contributed by atoms with Crippen molar-refractivity contribution < 1.29 is 9.59 Å². The van der Waals surface area contributed by atoms with E-state index in [4.69, 9.17) is 11.6 Å². The molecule has 124 valence electrons. The number of amides is 2. The lowest BCUT2D eigenvalue weighted by atomic mass is 10.0. The number of piperidine rings is 1. The van der Waals surface area contributed by atoms with Crippen molar-refractivity contribution in [2.45, 2.75) is 24.9 Å². The van der Waals surface area contributed by atoms with Gasteiger partial charge in [0.1, 0.15) is 0 Å². The minimum absolute atomic E-state index is 0.0523. The van der Waals surface area contributed by atoms with E-state index in [9.17, 15) is 9.59 Å². The van der Waals surface area contributed by atoms with Gasteiger partial charge in [-0.15, -0.1) is 11.3 Å². The van der Waals surface area contributed by atoms with Gasteiger partial charge in [0.05, 0.1) is 14.8 Å². The summed E-state index contributed by atoms with van der Waals surface area (Å²) in [7, 11) is 0. The van der Waals surface area contributed by atoms with Crippen LogP contribution in [-0.4, -0.2) is 40.3 Å². The highest BCUT2D eigenvalue weighted by Crippen LogP contribution is 2.39. The van der Waals surface area contributed by atoms with Gasteiger partial charge in [0.2, 0.25) is 0 Å². The first kappa shape index (κ1) is 15.6. The molecule has 3 heterocycles. The molecule has 5 nitrogen and oxygen atoms in total. The second-order valence-electron chi connectivity index (χ2n) is 6.27. The third kappa shape index (κ3) is 2.80. The standard InChI is InChI=1S/C17H16ClN3O2S/c18-15-4-3-14(24-15)17(23)21-9-11-6-12(21)7-13(11)20-16(22)10-2-1-5-19-8-10/h1-5,8,11-13H,6-7,9H2,(H,20,22). The molecule has 2 fully saturated rings. The largest absolute Gasteiger partial charge is 0.349 e. The van der Waals surface area contributed by atoms with Gasteiger partial charge in [0, 0.05) is 31.0 Å². The van der Waals surface area contributed by atoms with Gasteiger partial charge in [-0.3, -0.25) is 14.6 Å². The number of nitrogens with zero attached hydrogens (tertiary/aromatic N) is 2. The van der Waals surface area contributed by atoms with E-state index in [1.165, 1.54) is 11.3 Å². The molecular weight excluding hydrogens is 346 g/mol. The quantitative estimate of drug-likeness (QED) is 0.914. The van der Waals surface area contributed by atoms with Crippen molar-refractivity contribution >= 4 is 34.8 Å². The Balaban J connectivity index is 1.39. The topological polar surface area (TPSA) is 62.3 Å². The molecule has 2 amide bonds. The number of carbonyl (C=O) groups is 2. The Morgan fingerprint density at radius 2 is 2.17 bits per heavy atom. The lowest BCUT2D eigenvalue weighted by Gasteiger charge is -2.31. The number of thiophene rings is 1. The molecule has 1 aliphatic heterocycles. The molecule has 3 unspecified atom stereocenters. The molecule has 1 saturated carbocycles. The van der Waals surface area contributed by atoms with Crippen LogP contribution in [0.2, 0.25) is 4.34 Å². The average molecular weight is 362 g/mol. The molecule has 4 rings (SSSR count). The Morgan fingerprint density at radius 3 is 2.79 bits per heavy atom. The van der Waals surface area contributed by atoms with Crippen LogP contribution in [-0.2, 0) is 0 Å². The van der Waals surface area contributed by atoms with Crippen LogP contribution in [0.25, 0.3) is 0 Å². The van der Waals surface area contributed by atoms with E-state index in [0.717, 1.165) is 12.8 Å². The fraction of sp³-hybridized carbons (Fsp3) is 0.353. The average Bonchev–Trinajstić information content (AvgIpc) is 3.30. The van der Waals surface area contributed by atoms with Crippen LogP contribution in [0.4, 0.5) is 0 Å². The maximum absolute atomic E-state index is 12.6. The number of aromatic nitrogens is 1. The smallest absolute Gasteiger partial charge is 0.264 e. The Bertz CT molecular complexity index is 779. The third-order valence-corrected chi connectivity index (χ3v) is 6.05. The molecule has 2 aromatic rings. The fourth-order valence-corrected chi connectivity index (χ4v) is 4.70. The summed E-state index contributed by atoms with van der Waals surface area (Å²) in [6.07, 6.45) is 4.97. The first-order chi connectivity index (χ1) is 11.6. The van der Waals surface area contributed by atoms with Crippen LogP contribution in [0.1, 0.15) is 32.9 Å². The van der Waals surface area contributed by atoms with Crippen LogP contribution in [0.5, 0.6) is 0 Å². The summed E-state index contributed by atoms with van der Waals surface area (Å²) in [5.74, 6) is 0.273. The van der Waals surface area contributed by atoms with E-state index in [0.29, 0.717) is 27.2 Å². The van der Waals surface area contributed by atoms with Gasteiger partial charge in [-0.1, -0.05) is 11.6 Å². The molecule has 1 N–H and O–H groups in total. The minimum atomic E-state index is -0.0939. The van der Waals surface area contributed by atoms with Crippen LogP contribution in [0.3, 0.4) is 0 Å². The number of fused-ring (bicyclic) bond motifs is 2. The predicted octanol–water partition coefficient (Wildman–Crippen LogP) is 2.83. The van der Waals surface area contributed by atoms with E-state index in [-0.39, 0.29) is 23.9 Å². The SMILES string of the molecule is O=C(NC1CC2CC1CN2C(=O)c1ccc(Cl)s1)c1cccnc1. The van der Waals surface area contributed by atoms with Gasteiger partial charge in [-0.05, 0) is 43.0 Å². The van der Waals surface area contributed by atoms with E-state index in [2.05, 4.69) is 10.3 Å². The second kappa shape index (κ2) is 6.18. The summed E-state index contributed by atoms with van der Waals surface area (Å²) in [5, 5.41) is 3.09. The van der Waals surface area contributed by atoms with Crippen molar-refractivity contribution in [3.63, 3.8) is 0 Å². The summed E-state index contributed by atoms with van der Waals surface area (Å²) >= 11 is 7.24. The number of pyridine rings is 1. The Morgan fingerprint density at radius 1 is 1.29 bits per heavy atom. The highest BCUT2D eigenvalue weighted by molar-refractivity contribution is 7.17. The molecule has 0 radical (unpaired) electrons. The van der Waals surface area contributed by atoms with Gasteiger partial charge in [-0.25, -0.2) is 0 Å². The van der Waals surface area contributed by atoms with Crippen LogP contribution < -0.4 is 5.32 Å². The number of rotatable bonds is 3. The van der Waals surface area contributed by atoms with Crippen LogP contribution in [0.15, 0.2) is 36.7 Å². The van der Waals surface area contributed by atoms with Gasteiger partial charge in [0.25, 0.3) is 11.8 Å². The highest BCUT2D eigenvalue weighted by atomic mass is 35.5. The Labute approximate surface area is 148 Å². The number of nitrogens with one attached hydrogen (secondary N) is 1. The van der Waals surface area contributed by atoms with E-state index >= 15 is 0 Å². The highest BCUT2D eigenvalue weighted by Gasteiger charge is 2.47. The van der Waals surface area contributed by atoms with Crippen molar-refractivity contribution in [2.75, 3.05) is 6.54 Å². The van der Waals surface area contributed by atoms with Crippen LogP contribution in [0, 0.1) is 5.92 Å². The van der Waals surface area contributed by atoms with Crippen LogP contribution >= 0.6 is 22.9 Å². The lowest BCUT2D eigenvalue weighted by Crippen LogP contribution is -2.47. The van der Waals surface area contributed by atoms with E-state index in [1.54, 1.807) is 36.7 Å². The summed E-state index contributed by atoms with van der Waals surface area (Å²) in [4.78, 5) is 31.4. The number of likely N-dealkylation sites (tertiary alicyclic amines) is 1. The molecule has 7 heteroatoms. The minimum Gasteiger partial charge on any atom is -0.349 e. The van der Waals surface area contributed by atoms with Gasteiger partial charge < -0.3 is 10.2 Å². The Kier molecular flexibility index (Phi) is 4.02. The van der Waals surface area contributed by atoms with Crippen molar-refractivity contribution in [3.05, 3.63) is 51.4 Å². The molecule has 1 saturated heterocycles. The fourth-order valence-electron chi connectivity index (χ4n) is 3.70. The van der Waals surface area contributed by atoms with Gasteiger partial charge in [-0.2, -0.15) is 0 Å². The molecule has 24 heavy (non-hydrogen) atoms. The molecule has 2 bridgehead atoms. The maximum atomic E-state index is 12.6. The number of hydrogen-bond donors (Lipinski definition) is 1. The zero-order valence-corrected chi connectivity index (χ0v) is 14.4. The zero-order valence-electron chi connectivity index (χ0n) is 12.8. The van der Waals surface area contributed by atoms with E-state index < -0.39 is 0 Å². The molecule has 0 spiro atoms. The first-order valence-electron chi connectivity index (χ1n) is 7.89. The van der Waals surface area contributed by atoms with Crippen molar-refractivity contribution in [2.24, 2.45) is 5.92 Å². The Hall–Kier alpha value is -1.92. The molecular formula is C17H16ClN3O2S. The van der Waals surface area contributed by atoms with Gasteiger partial charge in [0.15, 0.2) is 0 Å². The summed E-state index contributed by atoms with van der Waals surface area (Å²) < 4.78 is 0.629. The molecule has 3 atom stereocenters. The predicted molar refractivity (Wildman–Crippen MR) is 92.4 cm³/mol. The first-order valence-corrected chi connectivity index (χ1v) is 9.08. The third-order valence-electron chi connectivity index (χ3n) is 4.83. The normalized spacial score (nSPS) is 25.0. The monoisotopic (exact) mass is 361 g/mol. The summed E-state index contributed by atoms with van der Waals surface area (Å²) in [6.45, 7) is 0.691. The summed E-state index contributed by atoms with van der Waals surface area (Å²) in [5.41, 5.74) is 0.571. The summed E-state index contributed by atoms with van der Waals surface area (Å²) in [6, 6.07) is 7.36. The molecule has 2 aliphatic rings. The molecule has 2 aromatic heterocycles. The maximum Gasteiger partial charge on any atom is 0.264 e. The second-order valence-corrected chi connectivity index (χ2v) is 7.98. The number of hydrogen-bond acceptors (Lipinski definition) is 4. The van der Waals surface area contributed by atoms with Crippen molar-refractivity contribution in [1.29, 1.82) is 0 Å². The van der Waals surface area contributed by atoms with E-state index in [1.807, 2.05) is 4.90 Å². The lowest BCUT2D eigenvalue weighted by molar-refractivity contribution is 0.0684. The van der Waals surface area contributed by atoms with Crippen molar-refractivity contribution in [3.8, 4) is 0 Å². The zero-order chi connectivity index (χ0) is 16.7. The number of halogens is 1.